The molecule has 1 unspecified atom stereocenters. The van der Waals surface area contributed by atoms with Gasteiger partial charge in [0.05, 0.1) is 6.42 Å². The summed E-state index contributed by atoms with van der Waals surface area (Å²) >= 11 is 0. The maximum absolute atomic E-state index is 10.5. The molecule has 0 radical (unpaired) electrons. The summed E-state index contributed by atoms with van der Waals surface area (Å²) in [6.45, 7) is 5.57. The second kappa shape index (κ2) is 4.61. The van der Waals surface area contributed by atoms with Crippen LogP contribution in [0.5, 0.6) is 0 Å². The number of aliphatic carboxylic acids is 1. The molecular formula is C12H14O2. The third-order valence-corrected chi connectivity index (χ3v) is 2.22. The highest BCUT2D eigenvalue weighted by Gasteiger charge is 2.09. The van der Waals surface area contributed by atoms with E-state index in [0.717, 1.165) is 11.1 Å². The van der Waals surface area contributed by atoms with Crippen LogP contribution in [-0.4, -0.2) is 11.1 Å². The van der Waals surface area contributed by atoms with Gasteiger partial charge in [0.25, 0.3) is 0 Å². The lowest BCUT2D eigenvalue weighted by Gasteiger charge is -2.08. The van der Waals surface area contributed by atoms with E-state index in [0.29, 0.717) is 0 Å². The minimum absolute atomic E-state index is 0.0614. The number of carboxylic acids is 1. The van der Waals surface area contributed by atoms with Gasteiger partial charge in [0.1, 0.15) is 0 Å². The highest BCUT2D eigenvalue weighted by Crippen LogP contribution is 2.19. The Morgan fingerprint density at radius 3 is 2.50 bits per heavy atom. The van der Waals surface area contributed by atoms with Crippen molar-refractivity contribution in [2.75, 3.05) is 0 Å². The number of hydrogen-bond donors (Lipinski definition) is 1. The summed E-state index contributed by atoms with van der Waals surface area (Å²) in [5.74, 6) is -0.698. The van der Waals surface area contributed by atoms with Crippen LogP contribution in [0.15, 0.2) is 30.8 Å². The van der Waals surface area contributed by atoms with Crippen molar-refractivity contribution in [3.05, 3.63) is 42.0 Å². The predicted molar refractivity (Wildman–Crippen MR) is 57.2 cm³/mol. The van der Waals surface area contributed by atoms with Crippen LogP contribution in [-0.2, 0) is 4.79 Å². The standard InChI is InChI=1S/C12H14O2/c1-3-10-4-6-11(7-5-10)9(2)8-12(13)14/h3-7,9H,1,8H2,2H3,(H,13,14). The fraction of sp³-hybridized carbons (Fsp3) is 0.250. The lowest BCUT2D eigenvalue weighted by Crippen LogP contribution is -2.02. The number of rotatable bonds is 4. The second-order valence-electron chi connectivity index (χ2n) is 3.37. The van der Waals surface area contributed by atoms with Crippen LogP contribution >= 0.6 is 0 Å². The van der Waals surface area contributed by atoms with Crippen molar-refractivity contribution >= 4 is 12.0 Å². The summed E-state index contributed by atoms with van der Waals surface area (Å²) in [6, 6.07) is 7.79. The Hall–Kier alpha value is -1.57. The Morgan fingerprint density at radius 1 is 1.50 bits per heavy atom. The number of benzene rings is 1. The van der Waals surface area contributed by atoms with Gasteiger partial charge in [0.15, 0.2) is 0 Å². The van der Waals surface area contributed by atoms with Crippen LogP contribution in [0.25, 0.3) is 6.08 Å². The fourth-order valence-electron chi connectivity index (χ4n) is 1.34. The quantitative estimate of drug-likeness (QED) is 0.792. The fourth-order valence-corrected chi connectivity index (χ4v) is 1.34. The van der Waals surface area contributed by atoms with Gasteiger partial charge in [-0.2, -0.15) is 0 Å². The van der Waals surface area contributed by atoms with Crippen LogP contribution in [0.1, 0.15) is 30.4 Å². The van der Waals surface area contributed by atoms with Gasteiger partial charge in [-0.15, -0.1) is 0 Å². The van der Waals surface area contributed by atoms with E-state index < -0.39 is 5.97 Å². The number of carbonyl (C=O) groups is 1. The third kappa shape index (κ3) is 2.73. The zero-order valence-corrected chi connectivity index (χ0v) is 8.23. The van der Waals surface area contributed by atoms with E-state index in [2.05, 4.69) is 6.58 Å². The Bertz CT molecular complexity index is 325. The Labute approximate surface area is 83.9 Å². The summed E-state index contributed by atoms with van der Waals surface area (Å²) in [7, 11) is 0. The molecule has 74 valence electrons. The smallest absolute Gasteiger partial charge is 0.303 e. The van der Waals surface area contributed by atoms with E-state index in [9.17, 15) is 4.79 Å². The number of carboxylic acid groups (broad SMARTS) is 1. The zero-order valence-electron chi connectivity index (χ0n) is 8.23. The Morgan fingerprint density at radius 2 is 2.07 bits per heavy atom. The van der Waals surface area contributed by atoms with Gasteiger partial charge in [-0.1, -0.05) is 43.8 Å². The van der Waals surface area contributed by atoms with Crippen LogP contribution < -0.4 is 0 Å². The topological polar surface area (TPSA) is 37.3 Å². The lowest BCUT2D eigenvalue weighted by atomic mass is 9.97. The average Bonchev–Trinajstić information content (AvgIpc) is 2.17. The molecule has 0 bridgehead atoms. The molecule has 2 heteroatoms. The maximum Gasteiger partial charge on any atom is 0.303 e. The molecule has 1 N–H and O–H groups in total. The van der Waals surface area contributed by atoms with E-state index in [1.807, 2.05) is 31.2 Å². The molecule has 0 saturated carbocycles. The van der Waals surface area contributed by atoms with E-state index in [1.165, 1.54) is 0 Å². The van der Waals surface area contributed by atoms with Crippen LogP contribution in [0.2, 0.25) is 0 Å². The van der Waals surface area contributed by atoms with Crippen molar-refractivity contribution in [2.24, 2.45) is 0 Å². The largest absolute Gasteiger partial charge is 0.481 e. The van der Waals surface area contributed by atoms with Gasteiger partial charge < -0.3 is 5.11 Å². The zero-order chi connectivity index (χ0) is 10.6. The highest BCUT2D eigenvalue weighted by molar-refractivity contribution is 5.68. The first-order chi connectivity index (χ1) is 6.63. The molecule has 2 nitrogen and oxygen atoms in total. The molecule has 0 heterocycles. The normalized spacial score (nSPS) is 12.1. The van der Waals surface area contributed by atoms with Crippen molar-refractivity contribution in [1.82, 2.24) is 0 Å². The molecule has 1 atom stereocenters. The minimum atomic E-state index is -0.759. The van der Waals surface area contributed by atoms with Gasteiger partial charge in [-0.25, -0.2) is 0 Å². The molecule has 1 aromatic carbocycles. The average molecular weight is 190 g/mol. The highest BCUT2D eigenvalue weighted by atomic mass is 16.4. The first-order valence-electron chi connectivity index (χ1n) is 4.57. The molecule has 0 aliphatic carbocycles. The van der Waals surface area contributed by atoms with Crippen molar-refractivity contribution in [3.63, 3.8) is 0 Å². The van der Waals surface area contributed by atoms with Crippen molar-refractivity contribution in [3.8, 4) is 0 Å². The van der Waals surface area contributed by atoms with Gasteiger partial charge in [-0.3, -0.25) is 4.79 Å². The molecule has 14 heavy (non-hydrogen) atoms. The predicted octanol–water partition coefficient (Wildman–Crippen LogP) is 2.91. The molecule has 0 saturated heterocycles. The van der Waals surface area contributed by atoms with Crippen LogP contribution in [0.4, 0.5) is 0 Å². The van der Waals surface area contributed by atoms with Crippen molar-refractivity contribution < 1.29 is 9.90 Å². The summed E-state index contributed by atoms with van der Waals surface area (Å²) in [4.78, 5) is 10.5. The molecule has 0 amide bonds. The molecule has 0 spiro atoms. The monoisotopic (exact) mass is 190 g/mol. The molecule has 0 aromatic heterocycles. The van der Waals surface area contributed by atoms with Gasteiger partial charge in [0, 0.05) is 0 Å². The van der Waals surface area contributed by atoms with Gasteiger partial charge in [-0.05, 0) is 17.0 Å². The molecule has 0 aliphatic rings. The summed E-state index contributed by atoms with van der Waals surface area (Å²) < 4.78 is 0. The van der Waals surface area contributed by atoms with E-state index in [4.69, 9.17) is 5.11 Å². The van der Waals surface area contributed by atoms with Crippen molar-refractivity contribution in [2.45, 2.75) is 19.3 Å². The van der Waals surface area contributed by atoms with Crippen LogP contribution in [0, 0.1) is 0 Å². The number of hydrogen-bond acceptors (Lipinski definition) is 1. The van der Waals surface area contributed by atoms with Gasteiger partial charge >= 0.3 is 5.97 Å². The van der Waals surface area contributed by atoms with E-state index in [-0.39, 0.29) is 12.3 Å². The first-order valence-corrected chi connectivity index (χ1v) is 4.57. The Kier molecular flexibility index (Phi) is 3.46. The summed E-state index contributed by atoms with van der Waals surface area (Å²) in [5, 5.41) is 8.63. The minimum Gasteiger partial charge on any atom is -0.481 e. The molecule has 1 aromatic rings. The van der Waals surface area contributed by atoms with Crippen LogP contribution in [0.3, 0.4) is 0 Å². The SMILES string of the molecule is C=Cc1ccc(C(C)CC(=O)O)cc1. The first kappa shape index (κ1) is 10.5. The summed E-state index contributed by atoms with van der Waals surface area (Å²) in [5.41, 5.74) is 2.11. The molecular weight excluding hydrogens is 176 g/mol. The van der Waals surface area contributed by atoms with Gasteiger partial charge in [0.2, 0.25) is 0 Å². The Balaban J connectivity index is 2.75. The summed E-state index contributed by atoms with van der Waals surface area (Å²) in [6.07, 6.45) is 1.94. The van der Waals surface area contributed by atoms with E-state index >= 15 is 0 Å². The maximum atomic E-state index is 10.5. The van der Waals surface area contributed by atoms with E-state index in [1.54, 1.807) is 6.08 Å². The molecule has 0 fully saturated rings. The lowest BCUT2D eigenvalue weighted by molar-refractivity contribution is -0.137. The second-order valence-corrected chi connectivity index (χ2v) is 3.37. The molecule has 1 rings (SSSR count). The third-order valence-electron chi connectivity index (χ3n) is 2.22. The van der Waals surface area contributed by atoms with Crippen molar-refractivity contribution in [1.29, 1.82) is 0 Å². The molecule has 0 aliphatic heterocycles.